The quantitative estimate of drug-likeness (QED) is 0.332. The third-order valence-electron chi connectivity index (χ3n) is 3.97. The summed E-state index contributed by atoms with van der Waals surface area (Å²) in [6, 6.07) is 4.02. The van der Waals surface area contributed by atoms with E-state index in [0.29, 0.717) is 7.22 Å². The molecular weight excluding hydrogens is 494 g/mol. The average molecular weight is 503 g/mol. The van der Waals surface area contributed by atoms with Gasteiger partial charge < -0.3 is 0 Å². The predicted octanol–water partition coefficient (Wildman–Crippen LogP) is 1.45. The number of benzene rings is 2. The van der Waals surface area contributed by atoms with Crippen molar-refractivity contribution in [1.82, 2.24) is 0 Å². The van der Waals surface area contributed by atoms with E-state index in [1.807, 2.05) is 0 Å². The Balaban J connectivity index is 2.37. The first kappa shape index (κ1) is 19.4. The first-order valence-corrected chi connectivity index (χ1v) is 9.87. The molecule has 0 saturated carbocycles. The van der Waals surface area contributed by atoms with Gasteiger partial charge in [-0.3, -0.25) is 0 Å². The molecule has 28 heavy (non-hydrogen) atoms. The van der Waals surface area contributed by atoms with Crippen LogP contribution < -0.4 is 12.1 Å². The number of nitro groups is 4. The molecule has 0 unspecified atom stereocenters. The Morgan fingerprint density at radius 3 is 1.43 bits per heavy atom. The van der Waals surface area contributed by atoms with E-state index in [9.17, 15) is 40.5 Å². The van der Waals surface area contributed by atoms with E-state index in [1.54, 1.807) is 6.92 Å². The second-order valence-corrected chi connectivity index (χ2v) is 8.59. The molecule has 0 fully saturated rings. The van der Waals surface area contributed by atoms with Crippen molar-refractivity contribution in [3.8, 4) is 0 Å². The van der Waals surface area contributed by atoms with Gasteiger partial charge in [0.05, 0.1) is 0 Å². The molecule has 13 nitrogen and oxygen atoms in total. The molecule has 0 radical (unpaired) electrons. The van der Waals surface area contributed by atoms with Crippen molar-refractivity contribution < 1.29 is 19.7 Å². The zero-order valence-corrected chi connectivity index (χ0v) is 16.3. The molecule has 2 aromatic carbocycles. The molecular formula is C14H9N5O8Te. The molecule has 3 rings (SSSR count). The molecule has 14 heteroatoms. The second-order valence-electron chi connectivity index (χ2n) is 5.50. The fraction of sp³-hybridized carbons (Fsp3) is 0.143. The molecule has 1 aliphatic heterocycles. The van der Waals surface area contributed by atoms with Crippen LogP contribution in [0.25, 0.3) is 0 Å². The number of rotatable bonds is 5. The monoisotopic (exact) mass is 505 g/mol. The van der Waals surface area contributed by atoms with Gasteiger partial charge >= 0.3 is 165 Å². The van der Waals surface area contributed by atoms with Gasteiger partial charge in [0.1, 0.15) is 0 Å². The Bertz CT molecular complexity index is 991. The number of hydrogen-bond acceptors (Lipinski definition) is 9. The Labute approximate surface area is 165 Å². The minimum atomic E-state index is -1.61. The van der Waals surface area contributed by atoms with Crippen LogP contribution in [0.1, 0.15) is 6.92 Å². The molecule has 0 aliphatic carbocycles. The van der Waals surface area contributed by atoms with Gasteiger partial charge in [0.15, 0.2) is 0 Å². The SMILES string of the molecule is CCN1c2c(cc([N+](=O)[O-])cc2[N+](=O)[O-])[Te]c2cc([N+](=O)[O-])cc([N+](=O)[O-])c21. The van der Waals surface area contributed by atoms with Crippen LogP contribution in [0.15, 0.2) is 24.3 Å². The molecule has 0 saturated heterocycles. The summed E-state index contributed by atoms with van der Waals surface area (Å²) in [6.07, 6.45) is 0. The summed E-state index contributed by atoms with van der Waals surface area (Å²) in [5.74, 6) is 0. The zero-order valence-electron chi connectivity index (χ0n) is 13.9. The van der Waals surface area contributed by atoms with E-state index < -0.39 is 63.4 Å². The van der Waals surface area contributed by atoms with E-state index in [2.05, 4.69) is 0 Å². The van der Waals surface area contributed by atoms with Crippen molar-refractivity contribution in [3.63, 3.8) is 0 Å². The molecule has 1 aliphatic rings. The molecule has 0 atom stereocenters. The van der Waals surface area contributed by atoms with Gasteiger partial charge in [0.25, 0.3) is 0 Å². The van der Waals surface area contributed by atoms with Crippen LogP contribution in [0.3, 0.4) is 0 Å². The van der Waals surface area contributed by atoms with Gasteiger partial charge in [-0.1, -0.05) is 0 Å². The predicted molar refractivity (Wildman–Crippen MR) is 97.2 cm³/mol. The molecule has 0 aromatic heterocycles. The summed E-state index contributed by atoms with van der Waals surface area (Å²) in [4.78, 5) is 43.6. The normalized spacial score (nSPS) is 12.1. The molecule has 144 valence electrons. The number of hydrogen-bond donors (Lipinski definition) is 0. The van der Waals surface area contributed by atoms with Crippen molar-refractivity contribution in [2.24, 2.45) is 0 Å². The summed E-state index contributed by atoms with van der Waals surface area (Å²) in [6.45, 7) is 1.69. The van der Waals surface area contributed by atoms with Crippen LogP contribution in [-0.2, 0) is 0 Å². The summed E-state index contributed by atoms with van der Waals surface area (Å²) < 4.78 is 0.630. The van der Waals surface area contributed by atoms with Crippen molar-refractivity contribution in [2.45, 2.75) is 6.92 Å². The maximum atomic E-state index is 11.5. The molecule has 0 amide bonds. The van der Waals surface area contributed by atoms with Crippen LogP contribution in [-0.4, -0.2) is 47.2 Å². The van der Waals surface area contributed by atoms with Crippen LogP contribution in [0.2, 0.25) is 0 Å². The fourth-order valence-corrected chi connectivity index (χ4v) is 6.37. The van der Waals surface area contributed by atoms with E-state index >= 15 is 0 Å². The number of non-ortho nitro benzene ring substituents is 2. The fourth-order valence-electron chi connectivity index (χ4n) is 2.89. The maximum absolute atomic E-state index is 11.5. The van der Waals surface area contributed by atoms with Crippen LogP contribution in [0.5, 0.6) is 0 Å². The van der Waals surface area contributed by atoms with Gasteiger partial charge in [-0.25, -0.2) is 0 Å². The second kappa shape index (κ2) is 6.98. The molecule has 0 spiro atoms. The first-order valence-electron chi connectivity index (χ1n) is 7.54. The molecule has 0 bridgehead atoms. The van der Waals surface area contributed by atoms with Crippen LogP contribution in [0, 0.1) is 40.5 Å². The molecule has 1 heterocycles. The molecule has 2 aromatic rings. The Morgan fingerprint density at radius 1 is 0.750 bits per heavy atom. The number of anilines is 2. The summed E-state index contributed by atoms with van der Waals surface area (Å²) >= 11 is -1.61. The van der Waals surface area contributed by atoms with Crippen LogP contribution in [0.4, 0.5) is 34.1 Å². The third kappa shape index (κ3) is 3.08. The first-order chi connectivity index (χ1) is 13.1. The van der Waals surface area contributed by atoms with Gasteiger partial charge in [0, 0.05) is 0 Å². The van der Waals surface area contributed by atoms with Crippen LogP contribution >= 0.6 is 0 Å². The van der Waals surface area contributed by atoms with Crippen molar-refractivity contribution in [2.75, 3.05) is 11.4 Å². The Morgan fingerprint density at radius 2 is 1.14 bits per heavy atom. The Hall–Kier alpha value is -3.37. The number of fused-ring (bicyclic) bond motifs is 2. The third-order valence-corrected chi connectivity index (χ3v) is 7.00. The van der Waals surface area contributed by atoms with Gasteiger partial charge in [0.2, 0.25) is 0 Å². The van der Waals surface area contributed by atoms with Crippen molar-refractivity contribution in [3.05, 3.63) is 64.7 Å². The van der Waals surface area contributed by atoms with E-state index in [1.165, 1.54) is 17.0 Å². The van der Waals surface area contributed by atoms with Crippen molar-refractivity contribution in [1.29, 1.82) is 0 Å². The van der Waals surface area contributed by atoms with Gasteiger partial charge in [-0.2, -0.15) is 0 Å². The topological polar surface area (TPSA) is 176 Å². The summed E-state index contributed by atoms with van der Waals surface area (Å²) in [5, 5.41) is 45.4. The number of nitro benzene ring substituents is 4. The summed E-state index contributed by atoms with van der Waals surface area (Å²) in [5.41, 5.74) is -1.90. The summed E-state index contributed by atoms with van der Waals surface area (Å²) in [7, 11) is 0. The average Bonchev–Trinajstić information content (AvgIpc) is 2.63. The standard InChI is InChI=1S/C14H9N5O8Te/c1-2-15-13-9(18(24)25)3-7(16(20)21)5-11(13)28-12-6-8(17(22)23)4-10(14(12)15)19(26)27/h3-6H,2H2,1H3. The van der Waals surface area contributed by atoms with Crippen molar-refractivity contribution >= 4 is 62.3 Å². The Kier molecular flexibility index (Phi) is 4.84. The zero-order chi connectivity index (χ0) is 20.7. The number of nitrogens with zero attached hydrogens (tertiary/aromatic N) is 5. The van der Waals surface area contributed by atoms with Gasteiger partial charge in [-0.05, 0) is 0 Å². The van der Waals surface area contributed by atoms with Gasteiger partial charge in [-0.15, -0.1) is 0 Å². The van der Waals surface area contributed by atoms with E-state index in [0.717, 1.165) is 12.1 Å². The van der Waals surface area contributed by atoms with E-state index in [-0.39, 0.29) is 17.9 Å². The molecule has 0 N–H and O–H groups in total. The van der Waals surface area contributed by atoms with E-state index in [4.69, 9.17) is 0 Å². The minimum absolute atomic E-state index is 0.0601.